The number of benzene rings is 5. The second-order valence-corrected chi connectivity index (χ2v) is 14.4. The fraction of sp³-hybridized carbons (Fsp3) is 0.211. The molecule has 0 amide bonds. The van der Waals surface area contributed by atoms with E-state index < -0.39 is 0 Å². The highest BCUT2D eigenvalue weighted by Crippen LogP contribution is 2.45. The summed E-state index contributed by atoms with van der Waals surface area (Å²) in [5, 5.41) is 3.10. The third-order valence-corrected chi connectivity index (χ3v) is 8.89. The van der Waals surface area contributed by atoms with Crippen LogP contribution in [-0.4, -0.2) is 4.57 Å². The first-order valence-corrected chi connectivity index (χ1v) is 15.6. The Hall–Kier alpha value is -3.53. The standard InChI is InChI=1S/C38H36BrClN2/c1-37(2,3)25-15-19-28(20-16-25)41(29-21-17-26(18-22-29)38(4,5)6)34-23-27(39)24-35(36(34)40)42-32-13-9-7-11-30(32)31-12-8-10-14-33(31)42/h7-24H,1-6H3. The smallest absolute Gasteiger partial charge is 0.0887 e. The molecule has 1 aromatic heterocycles. The number of hydrogen-bond acceptors (Lipinski definition) is 1. The zero-order chi connectivity index (χ0) is 29.8. The third kappa shape index (κ3) is 5.14. The van der Waals surface area contributed by atoms with Gasteiger partial charge in [0.2, 0.25) is 0 Å². The van der Waals surface area contributed by atoms with E-state index in [9.17, 15) is 0 Å². The number of para-hydroxylation sites is 2. The molecule has 0 saturated carbocycles. The quantitative estimate of drug-likeness (QED) is 0.187. The highest BCUT2D eigenvalue weighted by atomic mass is 79.9. The molecule has 0 fully saturated rings. The molecule has 0 bridgehead atoms. The van der Waals surface area contributed by atoms with E-state index in [1.54, 1.807) is 0 Å². The molecule has 6 aromatic rings. The van der Waals surface area contributed by atoms with E-state index in [-0.39, 0.29) is 10.8 Å². The van der Waals surface area contributed by atoms with Crippen LogP contribution in [0.25, 0.3) is 27.5 Å². The first kappa shape index (κ1) is 28.6. The van der Waals surface area contributed by atoms with Crippen LogP contribution in [0.15, 0.2) is 114 Å². The molecule has 0 aliphatic heterocycles. The first-order chi connectivity index (χ1) is 19.9. The maximum Gasteiger partial charge on any atom is 0.0887 e. The summed E-state index contributed by atoms with van der Waals surface area (Å²) in [4.78, 5) is 2.27. The van der Waals surface area contributed by atoms with Gasteiger partial charge in [0.1, 0.15) is 0 Å². The zero-order valence-electron chi connectivity index (χ0n) is 25.0. The lowest BCUT2D eigenvalue weighted by Crippen LogP contribution is -2.15. The number of halogens is 2. The average Bonchev–Trinajstić information content (AvgIpc) is 3.29. The minimum absolute atomic E-state index is 0.0643. The molecule has 0 unspecified atom stereocenters. The van der Waals surface area contributed by atoms with Gasteiger partial charge in [-0.25, -0.2) is 0 Å². The topological polar surface area (TPSA) is 8.17 Å². The van der Waals surface area contributed by atoms with Crippen molar-refractivity contribution in [3.63, 3.8) is 0 Å². The highest BCUT2D eigenvalue weighted by Gasteiger charge is 2.23. The van der Waals surface area contributed by atoms with Crippen LogP contribution in [-0.2, 0) is 10.8 Å². The number of anilines is 3. The predicted molar refractivity (Wildman–Crippen MR) is 186 cm³/mol. The van der Waals surface area contributed by atoms with Gasteiger partial charge in [-0.1, -0.05) is 130 Å². The van der Waals surface area contributed by atoms with Crippen molar-refractivity contribution in [3.8, 4) is 5.69 Å². The molecule has 1 heterocycles. The normalized spacial score (nSPS) is 12.3. The number of hydrogen-bond donors (Lipinski definition) is 0. The Morgan fingerprint density at radius 2 is 1.02 bits per heavy atom. The Balaban J connectivity index is 1.60. The average molecular weight is 636 g/mol. The second-order valence-electron chi connectivity index (χ2n) is 13.1. The summed E-state index contributed by atoms with van der Waals surface area (Å²) in [5.41, 5.74) is 8.92. The lowest BCUT2D eigenvalue weighted by Gasteiger charge is -2.29. The van der Waals surface area contributed by atoms with Crippen LogP contribution in [0, 0.1) is 0 Å². The molecule has 0 saturated heterocycles. The number of aromatic nitrogens is 1. The molecule has 212 valence electrons. The molecule has 0 aliphatic carbocycles. The van der Waals surface area contributed by atoms with Crippen molar-refractivity contribution in [3.05, 3.63) is 130 Å². The first-order valence-electron chi connectivity index (χ1n) is 14.4. The van der Waals surface area contributed by atoms with Crippen LogP contribution in [0.4, 0.5) is 17.1 Å². The Kier molecular flexibility index (Phi) is 7.23. The van der Waals surface area contributed by atoms with Gasteiger partial charge >= 0.3 is 0 Å². The van der Waals surface area contributed by atoms with Crippen molar-refractivity contribution in [2.45, 2.75) is 52.4 Å². The van der Waals surface area contributed by atoms with Crippen molar-refractivity contribution in [1.29, 1.82) is 0 Å². The van der Waals surface area contributed by atoms with Crippen LogP contribution >= 0.6 is 27.5 Å². The molecule has 0 aliphatic rings. The van der Waals surface area contributed by atoms with Crippen LogP contribution < -0.4 is 4.90 Å². The van der Waals surface area contributed by atoms with Gasteiger partial charge in [0.25, 0.3) is 0 Å². The summed E-state index contributed by atoms with van der Waals surface area (Å²) in [7, 11) is 0. The third-order valence-electron chi connectivity index (χ3n) is 8.04. The summed E-state index contributed by atoms with van der Waals surface area (Å²) in [6, 6.07) is 39.0. The van der Waals surface area contributed by atoms with E-state index in [0.29, 0.717) is 5.02 Å². The van der Waals surface area contributed by atoms with Crippen LogP contribution in [0.5, 0.6) is 0 Å². The van der Waals surface area contributed by atoms with Crippen molar-refractivity contribution in [2.75, 3.05) is 4.90 Å². The molecule has 0 radical (unpaired) electrons. The van der Waals surface area contributed by atoms with Crippen LogP contribution in [0.1, 0.15) is 52.7 Å². The molecule has 0 atom stereocenters. The van der Waals surface area contributed by atoms with Crippen molar-refractivity contribution in [1.82, 2.24) is 4.57 Å². The summed E-state index contributed by atoms with van der Waals surface area (Å²) in [6.07, 6.45) is 0. The van der Waals surface area contributed by atoms with Gasteiger partial charge in [0, 0.05) is 26.6 Å². The lowest BCUT2D eigenvalue weighted by molar-refractivity contribution is 0.590. The number of rotatable bonds is 4. The maximum absolute atomic E-state index is 7.49. The van der Waals surface area contributed by atoms with Gasteiger partial charge in [0.15, 0.2) is 0 Å². The molecule has 42 heavy (non-hydrogen) atoms. The van der Waals surface area contributed by atoms with Crippen molar-refractivity contribution in [2.24, 2.45) is 0 Å². The monoisotopic (exact) mass is 634 g/mol. The Labute approximate surface area is 262 Å². The second kappa shape index (κ2) is 10.6. The zero-order valence-corrected chi connectivity index (χ0v) is 27.4. The summed E-state index contributed by atoms with van der Waals surface area (Å²) < 4.78 is 3.24. The number of nitrogens with zero attached hydrogens (tertiary/aromatic N) is 2. The fourth-order valence-corrected chi connectivity index (χ4v) is 6.43. The summed E-state index contributed by atoms with van der Waals surface area (Å²) in [6.45, 7) is 13.5. The Morgan fingerprint density at radius 1 is 0.595 bits per heavy atom. The van der Waals surface area contributed by atoms with E-state index in [1.165, 1.54) is 21.9 Å². The molecule has 4 heteroatoms. The van der Waals surface area contributed by atoms with Crippen LogP contribution in [0.2, 0.25) is 5.02 Å². The van der Waals surface area contributed by atoms with E-state index in [4.69, 9.17) is 11.6 Å². The fourth-order valence-electron chi connectivity index (χ4n) is 5.72. The van der Waals surface area contributed by atoms with Gasteiger partial charge in [-0.05, 0) is 70.5 Å². The van der Waals surface area contributed by atoms with Gasteiger partial charge in [0.05, 0.1) is 27.4 Å². The van der Waals surface area contributed by atoms with Gasteiger partial charge in [-0.2, -0.15) is 0 Å². The minimum Gasteiger partial charge on any atom is -0.309 e. The minimum atomic E-state index is 0.0643. The molecular formula is C38H36BrClN2. The van der Waals surface area contributed by atoms with Gasteiger partial charge in [-0.15, -0.1) is 0 Å². The molecular weight excluding hydrogens is 600 g/mol. The number of fused-ring (bicyclic) bond motifs is 3. The van der Waals surface area contributed by atoms with Gasteiger partial charge in [-0.3, -0.25) is 0 Å². The molecule has 0 spiro atoms. The SMILES string of the molecule is CC(C)(C)c1ccc(N(c2ccc(C(C)(C)C)cc2)c2cc(Br)cc(-n3c4ccccc4c4ccccc43)c2Cl)cc1. The molecule has 6 rings (SSSR count). The summed E-state index contributed by atoms with van der Waals surface area (Å²) in [5.74, 6) is 0. The largest absolute Gasteiger partial charge is 0.309 e. The molecule has 5 aromatic carbocycles. The van der Waals surface area contributed by atoms with Crippen molar-refractivity contribution >= 4 is 66.4 Å². The van der Waals surface area contributed by atoms with E-state index in [1.807, 2.05) is 0 Å². The molecule has 0 N–H and O–H groups in total. The maximum atomic E-state index is 7.49. The van der Waals surface area contributed by atoms with E-state index >= 15 is 0 Å². The predicted octanol–water partition coefficient (Wildman–Crippen LogP) is 12.3. The lowest BCUT2D eigenvalue weighted by atomic mass is 9.86. The highest BCUT2D eigenvalue weighted by molar-refractivity contribution is 9.10. The van der Waals surface area contributed by atoms with E-state index in [2.05, 4.69) is 176 Å². The van der Waals surface area contributed by atoms with Gasteiger partial charge < -0.3 is 9.47 Å². The molecule has 2 nitrogen and oxygen atoms in total. The van der Waals surface area contributed by atoms with Crippen molar-refractivity contribution < 1.29 is 0 Å². The summed E-state index contributed by atoms with van der Waals surface area (Å²) >= 11 is 11.3. The Bertz CT molecular complexity index is 1790. The van der Waals surface area contributed by atoms with E-state index in [0.717, 1.165) is 38.3 Å². The van der Waals surface area contributed by atoms with Crippen LogP contribution in [0.3, 0.4) is 0 Å². The Morgan fingerprint density at radius 3 is 1.45 bits per heavy atom.